The SMILES string of the molecule is C[C@@H](NC(=O)[C@H](Cc1ccc(C(F)(F)F)cc1)NC(=O)OC(C)(C)C)c1ccc(OCC(F)(F)F)cn1. The monoisotopic (exact) mass is 535 g/mol. The van der Waals surface area contributed by atoms with Crippen molar-refractivity contribution in [2.45, 2.75) is 64.2 Å². The third-order valence-electron chi connectivity index (χ3n) is 4.69. The molecule has 13 heteroatoms. The van der Waals surface area contributed by atoms with Crippen LogP contribution in [-0.2, 0) is 22.1 Å². The van der Waals surface area contributed by atoms with Crippen molar-refractivity contribution in [1.82, 2.24) is 15.6 Å². The Morgan fingerprint density at radius 2 is 1.57 bits per heavy atom. The Labute approximate surface area is 209 Å². The van der Waals surface area contributed by atoms with E-state index in [1.54, 1.807) is 27.7 Å². The second kappa shape index (κ2) is 11.7. The first-order valence-corrected chi connectivity index (χ1v) is 11.0. The molecule has 0 spiro atoms. The molecule has 7 nitrogen and oxygen atoms in total. The number of halogens is 6. The van der Waals surface area contributed by atoms with Gasteiger partial charge in [-0.05, 0) is 57.5 Å². The van der Waals surface area contributed by atoms with Crippen molar-refractivity contribution in [2.24, 2.45) is 0 Å². The van der Waals surface area contributed by atoms with Crippen LogP contribution in [0.15, 0.2) is 42.6 Å². The number of hydrogen-bond donors (Lipinski definition) is 2. The number of carbonyl (C=O) groups excluding carboxylic acids is 2. The predicted octanol–water partition coefficient (Wildman–Crippen LogP) is 5.35. The normalized spacial score (nSPS) is 13.9. The van der Waals surface area contributed by atoms with Crippen molar-refractivity contribution in [1.29, 1.82) is 0 Å². The Bertz CT molecular complexity index is 1050. The lowest BCUT2D eigenvalue weighted by Gasteiger charge is -2.24. The van der Waals surface area contributed by atoms with Crippen LogP contribution in [0.3, 0.4) is 0 Å². The summed E-state index contributed by atoms with van der Waals surface area (Å²) in [6, 6.07) is 4.80. The number of pyridine rings is 1. The number of hydrogen-bond acceptors (Lipinski definition) is 5. The fourth-order valence-electron chi connectivity index (χ4n) is 3.01. The summed E-state index contributed by atoms with van der Waals surface area (Å²) < 4.78 is 85.3. The average Bonchev–Trinajstić information content (AvgIpc) is 2.75. The van der Waals surface area contributed by atoms with Gasteiger partial charge in [0.1, 0.15) is 17.4 Å². The van der Waals surface area contributed by atoms with E-state index in [-0.39, 0.29) is 12.2 Å². The Hall–Kier alpha value is -3.51. The van der Waals surface area contributed by atoms with Crippen molar-refractivity contribution >= 4 is 12.0 Å². The van der Waals surface area contributed by atoms with Crippen LogP contribution in [0, 0.1) is 0 Å². The van der Waals surface area contributed by atoms with Gasteiger partial charge in [-0.1, -0.05) is 12.1 Å². The van der Waals surface area contributed by atoms with Crippen LogP contribution in [0.1, 0.15) is 50.6 Å². The summed E-state index contributed by atoms with van der Waals surface area (Å²) in [5.74, 6) is -0.802. The van der Waals surface area contributed by atoms with E-state index in [2.05, 4.69) is 20.4 Å². The molecule has 1 aromatic heterocycles. The molecular formula is C24H27F6N3O4. The molecule has 0 unspecified atom stereocenters. The van der Waals surface area contributed by atoms with E-state index in [1.165, 1.54) is 24.3 Å². The molecule has 0 saturated heterocycles. The number of aromatic nitrogens is 1. The summed E-state index contributed by atoms with van der Waals surface area (Å²) in [4.78, 5) is 29.3. The maximum absolute atomic E-state index is 13.0. The fraction of sp³-hybridized carbons (Fsp3) is 0.458. The maximum atomic E-state index is 13.0. The smallest absolute Gasteiger partial charge is 0.422 e. The van der Waals surface area contributed by atoms with E-state index in [4.69, 9.17) is 4.74 Å². The van der Waals surface area contributed by atoms with Crippen molar-refractivity contribution in [3.63, 3.8) is 0 Å². The van der Waals surface area contributed by atoms with Crippen LogP contribution in [0.2, 0.25) is 0 Å². The largest absolute Gasteiger partial charge is 0.483 e. The second-order valence-electron chi connectivity index (χ2n) is 9.15. The molecule has 0 aliphatic carbocycles. The zero-order valence-electron chi connectivity index (χ0n) is 20.5. The molecule has 204 valence electrons. The Kier molecular flexibility index (Phi) is 9.39. The molecule has 2 amide bonds. The molecule has 2 N–H and O–H groups in total. The lowest BCUT2D eigenvalue weighted by Crippen LogP contribution is -2.49. The highest BCUT2D eigenvalue weighted by Gasteiger charge is 2.31. The van der Waals surface area contributed by atoms with Crippen LogP contribution >= 0.6 is 0 Å². The first kappa shape index (κ1) is 29.7. The van der Waals surface area contributed by atoms with Gasteiger partial charge in [-0.25, -0.2) is 4.79 Å². The van der Waals surface area contributed by atoms with Gasteiger partial charge in [0, 0.05) is 6.42 Å². The minimum Gasteiger partial charge on any atom is -0.483 e. The van der Waals surface area contributed by atoms with Crippen LogP contribution in [0.25, 0.3) is 0 Å². The number of alkyl carbamates (subject to hydrolysis) is 1. The van der Waals surface area contributed by atoms with E-state index in [0.29, 0.717) is 11.3 Å². The van der Waals surface area contributed by atoms with E-state index in [1.807, 2.05) is 0 Å². The van der Waals surface area contributed by atoms with Gasteiger partial charge in [0.15, 0.2) is 6.61 Å². The lowest BCUT2D eigenvalue weighted by molar-refractivity contribution is -0.153. The quantitative estimate of drug-likeness (QED) is 0.445. The average molecular weight is 535 g/mol. The van der Waals surface area contributed by atoms with Gasteiger partial charge in [0.05, 0.1) is 23.5 Å². The minimum atomic E-state index is -4.53. The summed E-state index contributed by atoms with van der Waals surface area (Å²) in [5, 5.41) is 5.04. The molecule has 0 radical (unpaired) electrons. The van der Waals surface area contributed by atoms with Crippen LogP contribution < -0.4 is 15.4 Å². The Morgan fingerprint density at radius 1 is 0.946 bits per heavy atom. The number of ether oxygens (including phenoxy) is 2. The molecule has 0 saturated carbocycles. The molecular weight excluding hydrogens is 508 g/mol. The topological polar surface area (TPSA) is 89.6 Å². The molecule has 1 heterocycles. The highest BCUT2D eigenvalue weighted by Crippen LogP contribution is 2.29. The number of carbonyl (C=O) groups is 2. The number of amides is 2. The summed E-state index contributed by atoms with van der Waals surface area (Å²) in [5.41, 5.74) is -1.09. The molecule has 1 aromatic carbocycles. The van der Waals surface area contributed by atoms with Gasteiger partial charge >= 0.3 is 18.4 Å². The standard InChI is InChI=1S/C24H27F6N3O4/c1-14(18-10-9-17(12-31-18)36-13-23(25,26)27)32-20(34)19(33-21(35)37-22(2,3)4)11-15-5-7-16(8-6-15)24(28,29)30/h5-10,12,14,19H,11,13H2,1-4H3,(H,32,34)(H,33,35)/t14-,19+/m1/s1. The van der Waals surface area contributed by atoms with Gasteiger partial charge in [-0.2, -0.15) is 26.3 Å². The first-order chi connectivity index (χ1) is 16.9. The van der Waals surface area contributed by atoms with Crippen LogP contribution in [0.4, 0.5) is 31.1 Å². The Balaban J connectivity index is 2.13. The van der Waals surface area contributed by atoms with Gasteiger partial charge < -0.3 is 20.1 Å². The maximum Gasteiger partial charge on any atom is 0.422 e. The Morgan fingerprint density at radius 3 is 2.05 bits per heavy atom. The van der Waals surface area contributed by atoms with Gasteiger partial charge in [0.2, 0.25) is 5.91 Å². The van der Waals surface area contributed by atoms with Gasteiger partial charge in [-0.15, -0.1) is 0 Å². The third-order valence-corrected chi connectivity index (χ3v) is 4.69. The molecule has 2 atom stereocenters. The predicted molar refractivity (Wildman–Crippen MR) is 121 cm³/mol. The molecule has 37 heavy (non-hydrogen) atoms. The molecule has 0 aliphatic heterocycles. The number of nitrogens with zero attached hydrogens (tertiary/aromatic N) is 1. The van der Waals surface area contributed by atoms with E-state index < -0.39 is 54.2 Å². The summed E-state index contributed by atoms with van der Waals surface area (Å²) in [6.45, 7) is 4.93. The lowest BCUT2D eigenvalue weighted by atomic mass is 10.0. The zero-order chi connectivity index (χ0) is 28.0. The van der Waals surface area contributed by atoms with Crippen molar-refractivity contribution in [3.8, 4) is 5.75 Å². The van der Waals surface area contributed by atoms with Crippen LogP contribution in [0.5, 0.6) is 5.75 Å². The second-order valence-corrected chi connectivity index (χ2v) is 9.15. The minimum absolute atomic E-state index is 0.119. The fourth-order valence-corrected chi connectivity index (χ4v) is 3.01. The number of nitrogens with one attached hydrogen (secondary N) is 2. The van der Waals surface area contributed by atoms with Crippen molar-refractivity contribution in [3.05, 3.63) is 59.4 Å². The molecule has 2 rings (SSSR count). The summed E-state index contributed by atoms with van der Waals surface area (Å²) >= 11 is 0. The number of benzene rings is 1. The summed E-state index contributed by atoms with van der Waals surface area (Å²) in [6.07, 6.45) is -9.02. The highest BCUT2D eigenvalue weighted by molar-refractivity contribution is 5.86. The van der Waals surface area contributed by atoms with E-state index in [9.17, 15) is 35.9 Å². The first-order valence-electron chi connectivity index (χ1n) is 11.0. The van der Waals surface area contributed by atoms with Crippen LogP contribution in [-0.4, -0.2) is 41.4 Å². The zero-order valence-corrected chi connectivity index (χ0v) is 20.5. The van der Waals surface area contributed by atoms with E-state index >= 15 is 0 Å². The third kappa shape index (κ3) is 10.6. The highest BCUT2D eigenvalue weighted by atomic mass is 19.4. The van der Waals surface area contributed by atoms with Gasteiger partial charge in [0.25, 0.3) is 0 Å². The molecule has 2 aromatic rings. The molecule has 0 fully saturated rings. The van der Waals surface area contributed by atoms with Crippen molar-refractivity contribution in [2.75, 3.05) is 6.61 Å². The molecule has 0 aliphatic rings. The molecule has 0 bridgehead atoms. The number of alkyl halides is 6. The van der Waals surface area contributed by atoms with Gasteiger partial charge in [-0.3, -0.25) is 9.78 Å². The number of rotatable bonds is 8. The summed E-state index contributed by atoms with van der Waals surface area (Å²) in [7, 11) is 0. The van der Waals surface area contributed by atoms with Crippen molar-refractivity contribution < 1.29 is 45.4 Å². The van der Waals surface area contributed by atoms with E-state index in [0.717, 1.165) is 18.3 Å².